The van der Waals surface area contributed by atoms with Gasteiger partial charge in [-0.05, 0) is 34.5 Å². The van der Waals surface area contributed by atoms with Gasteiger partial charge in [0.15, 0.2) is 0 Å². The van der Waals surface area contributed by atoms with Gasteiger partial charge in [-0.2, -0.15) is 0 Å². The highest BCUT2D eigenvalue weighted by molar-refractivity contribution is 9.10. The van der Waals surface area contributed by atoms with E-state index < -0.39 is 0 Å². The zero-order chi connectivity index (χ0) is 10.4. The van der Waals surface area contributed by atoms with Crippen molar-refractivity contribution >= 4 is 21.7 Å². The average Bonchev–Trinajstić information content (AvgIpc) is 2.18. The highest BCUT2D eigenvalue weighted by Crippen LogP contribution is 2.21. The minimum Gasteiger partial charge on any atom is -0.359 e. The van der Waals surface area contributed by atoms with Gasteiger partial charge in [0.25, 0.3) is 0 Å². The van der Waals surface area contributed by atoms with Crippen LogP contribution in [-0.2, 0) is 0 Å². The van der Waals surface area contributed by atoms with Crippen LogP contribution in [0.1, 0.15) is 26.2 Å². The van der Waals surface area contributed by atoms with Crippen LogP contribution in [0.5, 0.6) is 0 Å². The second kappa shape index (κ2) is 6.02. The average molecular weight is 257 g/mol. The Morgan fingerprint density at radius 1 is 1.43 bits per heavy atom. The molecule has 2 nitrogen and oxygen atoms in total. The SMILES string of the molecule is CCCCCN(C)c1ncccc1Br. The van der Waals surface area contributed by atoms with Crippen molar-refractivity contribution in [3.63, 3.8) is 0 Å². The maximum atomic E-state index is 4.34. The highest BCUT2D eigenvalue weighted by Gasteiger charge is 2.04. The molecular weight excluding hydrogens is 240 g/mol. The molecule has 0 saturated carbocycles. The van der Waals surface area contributed by atoms with Crippen molar-refractivity contribution < 1.29 is 0 Å². The first-order valence-corrected chi connectivity index (χ1v) is 5.86. The molecule has 1 heterocycles. The van der Waals surface area contributed by atoms with E-state index in [-0.39, 0.29) is 0 Å². The van der Waals surface area contributed by atoms with E-state index in [4.69, 9.17) is 0 Å². The van der Waals surface area contributed by atoms with Gasteiger partial charge in [0, 0.05) is 19.8 Å². The van der Waals surface area contributed by atoms with Gasteiger partial charge in [-0.1, -0.05) is 19.8 Å². The summed E-state index contributed by atoms with van der Waals surface area (Å²) < 4.78 is 1.07. The molecule has 0 fully saturated rings. The van der Waals surface area contributed by atoms with E-state index in [9.17, 15) is 0 Å². The molecule has 14 heavy (non-hydrogen) atoms. The molecule has 0 N–H and O–H groups in total. The van der Waals surface area contributed by atoms with Crippen molar-refractivity contribution in [2.24, 2.45) is 0 Å². The first-order valence-electron chi connectivity index (χ1n) is 5.07. The lowest BCUT2D eigenvalue weighted by Crippen LogP contribution is -2.19. The van der Waals surface area contributed by atoms with Crippen molar-refractivity contribution in [2.45, 2.75) is 26.2 Å². The van der Waals surface area contributed by atoms with Crippen LogP contribution in [0.15, 0.2) is 22.8 Å². The first kappa shape index (κ1) is 11.5. The molecule has 0 unspecified atom stereocenters. The minimum absolute atomic E-state index is 1.03. The van der Waals surface area contributed by atoms with Crippen molar-refractivity contribution in [1.82, 2.24) is 4.98 Å². The van der Waals surface area contributed by atoms with Gasteiger partial charge < -0.3 is 4.90 Å². The summed E-state index contributed by atoms with van der Waals surface area (Å²) in [4.78, 5) is 6.53. The number of aromatic nitrogens is 1. The van der Waals surface area contributed by atoms with Crippen LogP contribution in [0.25, 0.3) is 0 Å². The zero-order valence-corrected chi connectivity index (χ0v) is 10.4. The lowest BCUT2D eigenvalue weighted by Gasteiger charge is -2.18. The number of nitrogens with zero attached hydrogens (tertiary/aromatic N) is 2. The van der Waals surface area contributed by atoms with Crippen molar-refractivity contribution in [3.05, 3.63) is 22.8 Å². The Morgan fingerprint density at radius 3 is 2.86 bits per heavy atom. The van der Waals surface area contributed by atoms with Crippen LogP contribution in [0.4, 0.5) is 5.82 Å². The molecule has 1 aromatic heterocycles. The molecule has 0 amide bonds. The van der Waals surface area contributed by atoms with Crippen molar-refractivity contribution in [1.29, 1.82) is 0 Å². The summed E-state index contributed by atoms with van der Waals surface area (Å²) in [6, 6.07) is 3.96. The van der Waals surface area contributed by atoms with E-state index in [0.717, 1.165) is 16.8 Å². The third-order valence-corrected chi connectivity index (χ3v) is 2.82. The molecule has 0 saturated heterocycles. The maximum absolute atomic E-state index is 4.34. The molecule has 78 valence electrons. The Kier molecular flexibility index (Phi) is 4.94. The summed E-state index contributed by atoms with van der Waals surface area (Å²) in [5.74, 6) is 1.03. The topological polar surface area (TPSA) is 16.1 Å². The Labute approximate surface area is 94.5 Å². The fourth-order valence-corrected chi connectivity index (χ4v) is 1.92. The highest BCUT2D eigenvalue weighted by atomic mass is 79.9. The quantitative estimate of drug-likeness (QED) is 0.751. The van der Waals surface area contributed by atoms with E-state index in [0.29, 0.717) is 0 Å². The number of hydrogen-bond donors (Lipinski definition) is 0. The zero-order valence-electron chi connectivity index (χ0n) is 8.83. The van der Waals surface area contributed by atoms with Crippen LogP contribution in [0.2, 0.25) is 0 Å². The molecule has 0 spiro atoms. The molecule has 1 aromatic rings. The number of unbranched alkanes of at least 4 members (excludes halogenated alkanes) is 2. The van der Waals surface area contributed by atoms with Crippen LogP contribution in [0, 0.1) is 0 Å². The normalized spacial score (nSPS) is 10.2. The van der Waals surface area contributed by atoms with Gasteiger partial charge in [0.05, 0.1) is 4.47 Å². The predicted octanol–water partition coefficient (Wildman–Crippen LogP) is 3.47. The summed E-state index contributed by atoms with van der Waals surface area (Å²) in [7, 11) is 2.09. The second-order valence-corrected chi connectivity index (χ2v) is 4.29. The van der Waals surface area contributed by atoms with E-state index >= 15 is 0 Å². The smallest absolute Gasteiger partial charge is 0.142 e. The predicted molar refractivity (Wildman–Crippen MR) is 64.7 cm³/mol. The lowest BCUT2D eigenvalue weighted by molar-refractivity contribution is 0.700. The van der Waals surface area contributed by atoms with Crippen LogP contribution in [0.3, 0.4) is 0 Å². The van der Waals surface area contributed by atoms with Gasteiger partial charge in [-0.3, -0.25) is 0 Å². The van der Waals surface area contributed by atoms with Crippen molar-refractivity contribution in [3.8, 4) is 0 Å². The lowest BCUT2D eigenvalue weighted by atomic mass is 10.2. The summed E-state index contributed by atoms with van der Waals surface area (Å²) >= 11 is 3.50. The Bertz CT molecular complexity index is 276. The summed E-state index contributed by atoms with van der Waals surface area (Å²) in [5.41, 5.74) is 0. The third-order valence-electron chi connectivity index (χ3n) is 2.20. The van der Waals surface area contributed by atoms with Gasteiger partial charge in [0.1, 0.15) is 5.82 Å². The number of pyridine rings is 1. The largest absolute Gasteiger partial charge is 0.359 e. The Morgan fingerprint density at radius 2 is 2.21 bits per heavy atom. The molecule has 1 rings (SSSR count). The van der Waals surface area contributed by atoms with Gasteiger partial charge >= 0.3 is 0 Å². The van der Waals surface area contributed by atoms with Gasteiger partial charge in [-0.15, -0.1) is 0 Å². The van der Waals surface area contributed by atoms with Gasteiger partial charge in [-0.25, -0.2) is 4.98 Å². The summed E-state index contributed by atoms with van der Waals surface area (Å²) in [6.45, 7) is 3.29. The minimum atomic E-state index is 1.03. The van der Waals surface area contributed by atoms with Crippen molar-refractivity contribution in [2.75, 3.05) is 18.5 Å². The number of rotatable bonds is 5. The standard InChI is InChI=1S/C11H17BrN2/c1-3-4-5-9-14(2)11-10(12)7-6-8-13-11/h6-8H,3-5,9H2,1-2H3. The summed E-state index contributed by atoms with van der Waals surface area (Å²) in [5, 5.41) is 0. The Hall–Kier alpha value is -0.570. The number of hydrogen-bond acceptors (Lipinski definition) is 2. The molecule has 0 aliphatic heterocycles. The molecule has 3 heteroatoms. The maximum Gasteiger partial charge on any atom is 0.142 e. The van der Waals surface area contributed by atoms with Gasteiger partial charge in [0.2, 0.25) is 0 Å². The molecule has 0 aromatic carbocycles. The Balaban J connectivity index is 2.51. The van der Waals surface area contributed by atoms with E-state index in [1.165, 1.54) is 19.3 Å². The molecule has 0 aliphatic rings. The fourth-order valence-electron chi connectivity index (χ4n) is 1.36. The molecule has 0 radical (unpaired) electrons. The fraction of sp³-hybridized carbons (Fsp3) is 0.545. The molecular formula is C11H17BrN2. The van der Waals surface area contributed by atoms with Crippen LogP contribution >= 0.6 is 15.9 Å². The number of halogens is 1. The summed E-state index contributed by atoms with van der Waals surface area (Å²) in [6.07, 6.45) is 5.61. The monoisotopic (exact) mass is 256 g/mol. The van der Waals surface area contributed by atoms with Crippen LogP contribution < -0.4 is 4.90 Å². The molecule has 0 atom stereocenters. The first-order chi connectivity index (χ1) is 6.75. The molecule has 0 bridgehead atoms. The molecule has 0 aliphatic carbocycles. The second-order valence-electron chi connectivity index (χ2n) is 3.44. The van der Waals surface area contributed by atoms with E-state index in [2.05, 4.69) is 39.8 Å². The van der Waals surface area contributed by atoms with E-state index in [1.807, 2.05) is 18.3 Å². The number of anilines is 1. The third kappa shape index (κ3) is 3.29. The van der Waals surface area contributed by atoms with E-state index in [1.54, 1.807) is 0 Å². The van der Waals surface area contributed by atoms with Crippen LogP contribution in [-0.4, -0.2) is 18.6 Å².